The number of aryl methyl sites for hydroxylation is 1. The van der Waals surface area contributed by atoms with Crippen LogP contribution in [0.5, 0.6) is 0 Å². The van der Waals surface area contributed by atoms with Gasteiger partial charge < -0.3 is 10.4 Å². The molecule has 0 spiro atoms. The van der Waals surface area contributed by atoms with Crippen molar-refractivity contribution in [3.63, 3.8) is 0 Å². The molecule has 0 bridgehead atoms. The van der Waals surface area contributed by atoms with Gasteiger partial charge in [-0.1, -0.05) is 12.1 Å². The van der Waals surface area contributed by atoms with Gasteiger partial charge in [0.1, 0.15) is 5.82 Å². The molecule has 22 heavy (non-hydrogen) atoms. The number of hydrogen-bond donors (Lipinski definition) is 2. The SMILES string of the molecule is Cn1cc(CNC2CC(C(=O)O)C2)c(-c2cccc(F)c2)n1. The first-order valence-corrected chi connectivity index (χ1v) is 7.27. The first kappa shape index (κ1) is 14.7. The molecule has 1 aromatic heterocycles. The number of halogens is 1. The monoisotopic (exact) mass is 303 g/mol. The van der Waals surface area contributed by atoms with Crippen molar-refractivity contribution >= 4 is 5.97 Å². The summed E-state index contributed by atoms with van der Waals surface area (Å²) in [5.74, 6) is -1.24. The lowest BCUT2D eigenvalue weighted by molar-refractivity contribution is -0.145. The molecule has 2 N–H and O–H groups in total. The van der Waals surface area contributed by atoms with Gasteiger partial charge in [0.25, 0.3) is 0 Å². The van der Waals surface area contributed by atoms with Gasteiger partial charge in [-0.3, -0.25) is 9.48 Å². The largest absolute Gasteiger partial charge is 0.481 e. The van der Waals surface area contributed by atoms with Gasteiger partial charge in [-0.25, -0.2) is 4.39 Å². The molecule has 1 aliphatic carbocycles. The predicted octanol–water partition coefficient (Wildman–Crippen LogP) is 2.18. The first-order chi connectivity index (χ1) is 10.5. The standard InChI is InChI=1S/C16H18FN3O2/c1-20-9-12(8-18-14-6-11(7-14)16(21)22)15(19-20)10-3-2-4-13(17)5-10/h2-5,9,11,14,18H,6-8H2,1H3,(H,21,22). The Hall–Kier alpha value is -2.21. The van der Waals surface area contributed by atoms with Crippen molar-refractivity contribution in [1.82, 2.24) is 15.1 Å². The van der Waals surface area contributed by atoms with E-state index in [2.05, 4.69) is 10.4 Å². The van der Waals surface area contributed by atoms with Crippen LogP contribution in [0.15, 0.2) is 30.5 Å². The van der Waals surface area contributed by atoms with Gasteiger partial charge in [-0.05, 0) is 25.0 Å². The van der Waals surface area contributed by atoms with Gasteiger partial charge in [0, 0.05) is 37.0 Å². The Kier molecular flexibility index (Phi) is 3.94. The molecule has 3 rings (SSSR count). The number of carboxylic acids is 1. The Morgan fingerprint density at radius 3 is 2.95 bits per heavy atom. The van der Waals surface area contributed by atoms with Gasteiger partial charge in [0.05, 0.1) is 11.6 Å². The molecular weight excluding hydrogens is 285 g/mol. The molecule has 1 aliphatic rings. The Morgan fingerprint density at radius 1 is 1.50 bits per heavy atom. The molecule has 0 unspecified atom stereocenters. The molecular formula is C16H18FN3O2. The van der Waals surface area contributed by atoms with E-state index >= 15 is 0 Å². The van der Waals surface area contributed by atoms with Crippen molar-refractivity contribution in [2.45, 2.75) is 25.4 Å². The molecule has 0 amide bonds. The summed E-state index contributed by atoms with van der Waals surface area (Å²) in [4.78, 5) is 10.8. The van der Waals surface area contributed by atoms with E-state index < -0.39 is 5.97 Å². The lowest BCUT2D eigenvalue weighted by Gasteiger charge is -2.33. The highest BCUT2D eigenvalue weighted by Gasteiger charge is 2.34. The second-order valence-corrected chi connectivity index (χ2v) is 5.77. The molecule has 6 heteroatoms. The van der Waals surface area contributed by atoms with Crippen molar-refractivity contribution in [3.05, 3.63) is 41.8 Å². The summed E-state index contributed by atoms with van der Waals surface area (Å²) < 4.78 is 15.1. The summed E-state index contributed by atoms with van der Waals surface area (Å²) >= 11 is 0. The highest BCUT2D eigenvalue weighted by molar-refractivity contribution is 5.71. The molecule has 0 saturated heterocycles. The fourth-order valence-electron chi connectivity index (χ4n) is 2.79. The highest BCUT2D eigenvalue weighted by Crippen LogP contribution is 2.28. The number of aliphatic carboxylic acids is 1. The summed E-state index contributed by atoms with van der Waals surface area (Å²) in [5.41, 5.74) is 2.48. The van der Waals surface area contributed by atoms with Gasteiger partial charge in [0.15, 0.2) is 0 Å². The third-order valence-electron chi connectivity index (χ3n) is 4.07. The maximum atomic E-state index is 13.4. The molecule has 0 atom stereocenters. The molecule has 1 heterocycles. The number of carbonyl (C=O) groups is 1. The average molecular weight is 303 g/mol. The Bertz CT molecular complexity index is 692. The number of nitrogens with one attached hydrogen (secondary N) is 1. The summed E-state index contributed by atoms with van der Waals surface area (Å²) in [6, 6.07) is 6.60. The summed E-state index contributed by atoms with van der Waals surface area (Å²) in [6.07, 6.45) is 3.22. The zero-order chi connectivity index (χ0) is 15.7. The molecule has 1 aromatic carbocycles. The Morgan fingerprint density at radius 2 is 2.27 bits per heavy atom. The predicted molar refractivity (Wildman–Crippen MR) is 79.6 cm³/mol. The highest BCUT2D eigenvalue weighted by atomic mass is 19.1. The lowest BCUT2D eigenvalue weighted by atomic mass is 9.80. The second-order valence-electron chi connectivity index (χ2n) is 5.77. The quantitative estimate of drug-likeness (QED) is 0.888. The maximum Gasteiger partial charge on any atom is 0.306 e. The van der Waals surface area contributed by atoms with Gasteiger partial charge in [-0.15, -0.1) is 0 Å². The Balaban J connectivity index is 1.69. The fraction of sp³-hybridized carbons (Fsp3) is 0.375. The number of hydrogen-bond acceptors (Lipinski definition) is 3. The molecule has 5 nitrogen and oxygen atoms in total. The molecule has 2 aromatic rings. The van der Waals surface area contributed by atoms with Crippen molar-refractivity contribution < 1.29 is 14.3 Å². The number of rotatable bonds is 5. The topological polar surface area (TPSA) is 67.2 Å². The van der Waals surface area contributed by atoms with Crippen LogP contribution >= 0.6 is 0 Å². The maximum absolute atomic E-state index is 13.4. The third-order valence-corrected chi connectivity index (χ3v) is 4.07. The minimum absolute atomic E-state index is 0.224. The van der Waals surface area contributed by atoms with E-state index in [0.29, 0.717) is 19.4 Å². The number of aromatic nitrogens is 2. The van der Waals surface area contributed by atoms with Gasteiger partial charge >= 0.3 is 5.97 Å². The summed E-state index contributed by atoms with van der Waals surface area (Å²) in [7, 11) is 1.83. The number of carboxylic acid groups (broad SMARTS) is 1. The molecule has 1 saturated carbocycles. The van der Waals surface area contributed by atoms with Crippen molar-refractivity contribution in [3.8, 4) is 11.3 Å². The van der Waals surface area contributed by atoms with Crippen LogP contribution in [0.3, 0.4) is 0 Å². The van der Waals surface area contributed by atoms with E-state index in [-0.39, 0.29) is 17.8 Å². The number of benzene rings is 1. The van der Waals surface area contributed by atoms with E-state index in [0.717, 1.165) is 16.8 Å². The minimum Gasteiger partial charge on any atom is -0.481 e. The molecule has 1 fully saturated rings. The fourth-order valence-corrected chi connectivity index (χ4v) is 2.79. The normalized spacial score (nSPS) is 20.6. The molecule has 0 aliphatic heterocycles. The van der Waals surface area contributed by atoms with E-state index in [1.807, 2.05) is 19.3 Å². The van der Waals surface area contributed by atoms with Crippen molar-refractivity contribution in [2.24, 2.45) is 13.0 Å². The van der Waals surface area contributed by atoms with Crippen LogP contribution < -0.4 is 5.32 Å². The molecule has 0 radical (unpaired) electrons. The smallest absolute Gasteiger partial charge is 0.306 e. The zero-order valence-electron chi connectivity index (χ0n) is 12.3. The Labute approximate surface area is 127 Å². The van der Waals surface area contributed by atoms with Crippen LogP contribution in [0, 0.1) is 11.7 Å². The van der Waals surface area contributed by atoms with Gasteiger partial charge in [-0.2, -0.15) is 5.10 Å². The van der Waals surface area contributed by atoms with Crippen LogP contribution in [0.25, 0.3) is 11.3 Å². The van der Waals surface area contributed by atoms with E-state index in [9.17, 15) is 9.18 Å². The van der Waals surface area contributed by atoms with Crippen LogP contribution in [0.1, 0.15) is 18.4 Å². The summed E-state index contributed by atoms with van der Waals surface area (Å²) in [6.45, 7) is 0.594. The minimum atomic E-state index is -0.722. The van der Waals surface area contributed by atoms with Crippen molar-refractivity contribution in [1.29, 1.82) is 0 Å². The average Bonchev–Trinajstić information content (AvgIpc) is 2.78. The lowest BCUT2D eigenvalue weighted by Crippen LogP contribution is -2.43. The van der Waals surface area contributed by atoms with Crippen LogP contribution in [-0.4, -0.2) is 26.9 Å². The van der Waals surface area contributed by atoms with Crippen LogP contribution in [-0.2, 0) is 18.4 Å². The van der Waals surface area contributed by atoms with Crippen LogP contribution in [0.2, 0.25) is 0 Å². The number of nitrogens with zero attached hydrogens (tertiary/aromatic N) is 2. The first-order valence-electron chi connectivity index (χ1n) is 7.27. The zero-order valence-corrected chi connectivity index (χ0v) is 12.3. The van der Waals surface area contributed by atoms with Gasteiger partial charge in [0.2, 0.25) is 0 Å². The van der Waals surface area contributed by atoms with E-state index in [1.165, 1.54) is 12.1 Å². The van der Waals surface area contributed by atoms with Crippen LogP contribution in [0.4, 0.5) is 4.39 Å². The third kappa shape index (κ3) is 3.01. The second kappa shape index (κ2) is 5.88. The molecule has 116 valence electrons. The summed E-state index contributed by atoms with van der Waals surface area (Å²) in [5, 5.41) is 16.6. The van der Waals surface area contributed by atoms with E-state index in [4.69, 9.17) is 5.11 Å². The van der Waals surface area contributed by atoms with Crippen molar-refractivity contribution in [2.75, 3.05) is 0 Å². The van der Waals surface area contributed by atoms with E-state index in [1.54, 1.807) is 10.7 Å².